The van der Waals surface area contributed by atoms with Gasteiger partial charge in [0.15, 0.2) is 24.8 Å². The zero-order valence-corrected chi connectivity index (χ0v) is 15.0. The van der Waals surface area contributed by atoms with Crippen LogP contribution in [0.25, 0.3) is 22.5 Å². The van der Waals surface area contributed by atoms with Crippen molar-refractivity contribution in [2.45, 2.75) is 12.4 Å². The molecule has 0 spiro atoms. The van der Waals surface area contributed by atoms with E-state index in [4.69, 9.17) is 4.42 Å². The summed E-state index contributed by atoms with van der Waals surface area (Å²) in [5.41, 5.74) is 0.667. The van der Waals surface area contributed by atoms with Crippen LogP contribution in [0.5, 0.6) is 11.5 Å². The monoisotopic (exact) mass is 434 g/mol. The first-order valence-electron chi connectivity index (χ1n) is 8.39. The Balaban J connectivity index is 1.73. The lowest BCUT2D eigenvalue weighted by molar-refractivity contribution is -0.154. The minimum atomic E-state index is -4.48. The van der Waals surface area contributed by atoms with Gasteiger partial charge < -0.3 is 13.9 Å². The number of ether oxygens (including phenoxy) is 2. The van der Waals surface area contributed by atoms with Crippen molar-refractivity contribution in [2.75, 3.05) is 13.2 Å². The van der Waals surface area contributed by atoms with Crippen LogP contribution in [0.1, 0.15) is 0 Å². The van der Waals surface area contributed by atoms with Crippen molar-refractivity contribution >= 4 is 0 Å². The normalized spacial score (nSPS) is 12.1. The predicted molar refractivity (Wildman–Crippen MR) is 92.6 cm³/mol. The van der Waals surface area contributed by atoms with E-state index in [1.807, 2.05) is 0 Å². The van der Waals surface area contributed by atoms with E-state index in [-0.39, 0.29) is 28.4 Å². The highest BCUT2D eigenvalue weighted by molar-refractivity contribution is 5.71. The highest BCUT2D eigenvalue weighted by Crippen LogP contribution is 2.34. The molecule has 1 heterocycles. The van der Waals surface area contributed by atoms with Crippen molar-refractivity contribution in [2.24, 2.45) is 0 Å². The van der Waals surface area contributed by atoms with Crippen LogP contribution in [0.15, 0.2) is 59.2 Å². The topological polar surface area (TPSA) is 31.6 Å². The molecule has 0 aliphatic heterocycles. The van der Waals surface area contributed by atoms with E-state index in [1.54, 1.807) is 0 Å². The van der Waals surface area contributed by atoms with Crippen molar-refractivity contribution < 1.29 is 44.6 Å². The van der Waals surface area contributed by atoms with Gasteiger partial charge in [0.1, 0.15) is 17.8 Å². The molecule has 160 valence electrons. The molecular weight excluding hydrogens is 421 g/mol. The lowest BCUT2D eigenvalue weighted by Gasteiger charge is -2.09. The minimum Gasteiger partial charge on any atom is -0.484 e. The minimum absolute atomic E-state index is 0.0327. The van der Waals surface area contributed by atoms with Crippen LogP contribution in [-0.2, 0) is 0 Å². The first kappa shape index (κ1) is 21.5. The summed E-state index contributed by atoms with van der Waals surface area (Å²) in [5.74, 6) is -0.958. The van der Waals surface area contributed by atoms with Gasteiger partial charge in [0.05, 0.1) is 5.56 Å². The molecule has 0 saturated heterocycles. The van der Waals surface area contributed by atoms with E-state index in [2.05, 4.69) is 9.47 Å². The van der Waals surface area contributed by atoms with Gasteiger partial charge in [0, 0.05) is 5.56 Å². The quantitative estimate of drug-likeness (QED) is 0.408. The van der Waals surface area contributed by atoms with Gasteiger partial charge in [0.2, 0.25) is 0 Å². The third-order valence-corrected chi connectivity index (χ3v) is 3.82. The maximum Gasteiger partial charge on any atom is 0.422 e. The molecule has 2 aromatic carbocycles. The fraction of sp³-hybridized carbons (Fsp3) is 0.200. The fourth-order valence-electron chi connectivity index (χ4n) is 2.50. The summed E-state index contributed by atoms with van der Waals surface area (Å²) in [6, 6.07) is 10.4. The standard InChI is InChI=1S/C20H13F7O3/c21-17-16(12-1-5-14(6-2-12)29-10-19(22,23)24)9-28-18(17)13-3-7-15(8-4-13)30-11-20(25,26)27/h1-9H,10-11H2. The summed E-state index contributed by atoms with van der Waals surface area (Å²) in [6.07, 6.45) is -7.82. The van der Waals surface area contributed by atoms with Crippen molar-refractivity contribution in [3.05, 3.63) is 60.6 Å². The van der Waals surface area contributed by atoms with E-state index >= 15 is 0 Å². The van der Waals surface area contributed by atoms with Crippen LogP contribution in [0.2, 0.25) is 0 Å². The zero-order chi connectivity index (χ0) is 21.9. The largest absolute Gasteiger partial charge is 0.484 e. The number of benzene rings is 2. The molecule has 0 aliphatic carbocycles. The number of hydrogen-bond donors (Lipinski definition) is 0. The molecule has 10 heteroatoms. The van der Waals surface area contributed by atoms with Gasteiger partial charge in [-0.25, -0.2) is 4.39 Å². The highest BCUT2D eigenvalue weighted by Gasteiger charge is 2.29. The van der Waals surface area contributed by atoms with Gasteiger partial charge in [-0.15, -0.1) is 0 Å². The Hall–Kier alpha value is -3.17. The second-order valence-corrected chi connectivity index (χ2v) is 6.15. The lowest BCUT2D eigenvalue weighted by Crippen LogP contribution is -2.19. The second kappa shape index (κ2) is 8.29. The van der Waals surface area contributed by atoms with Crippen LogP contribution in [0.3, 0.4) is 0 Å². The fourth-order valence-corrected chi connectivity index (χ4v) is 2.50. The lowest BCUT2D eigenvalue weighted by atomic mass is 10.1. The summed E-state index contributed by atoms with van der Waals surface area (Å²) in [4.78, 5) is 0. The van der Waals surface area contributed by atoms with Crippen LogP contribution < -0.4 is 9.47 Å². The molecule has 1 aromatic heterocycles. The molecule has 30 heavy (non-hydrogen) atoms. The van der Waals surface area contributed by atoms with E-state index in [0.717, 1.165) is 6.26 Å². The van der Waals surface area contributed by atoms with Gasteiger partial charge in [-0.05, 0) is 42.0 Å². The second-order valence-electron chi connectivity index (χ2n) is 6.15. The van der Waals surface area contributed by atoms with E-state index < -0.39 is 31.4 Å². The molecular formula is C20H13F7O3. The summed E-state index contributed by atoms with van der Waals surface area (Å²) < 4.78 is 102. The van der Waals surface area contributed by atoms with Crippen LogP contribution in [-0.4, -0.2) is 25.6 Å². The molecule has 3 aromatic rings. The smallest absolute Gasteiger partial charge is 0.422 e. The average Bonchev–Trinajstić information content (AvgIpc) is 3.06. The van der Waals surface area contributed by atoms with Crippen molar-refractivity contribution in [3.8, 4) is 33.9 Å². The summed E-state index contributed by atoms with van der Waals surface area (Å²) in [7, 11) is 0. The van der Waals surface area contributed by atoms with E-state index in [9.17, 15) is 30.7 Å². The Morgan fingerprint density at radius 2 is 1.10 bits per heavy atom. The van der Waals surface area contributed by atoms with Gasteiger partial charge >= 0.3 is 12.4 Å². The maximum absolute atomic E-state index is 14.8. The third kappa shape index (κ3) is 5.68. The Morgan fingerprint density at radius 1 is 0.667 bits per heavy atom. The number of alkyl halides is 6. The Kier molecular flexibility index (Phi) is 5.95. The molecule has 0 fully saturated rings. The highest BCUT2D eigenvalue weighted by atomic mass is 19.4. The molecule has 0 unspecified atom stereocenters. The van der Waals surface area contributed by atoms with Crippen molar-refractivity contribution in [1.82, 2.24) is 0 Å². The average molecular weight is 434 g/mol. The number of halogens is 7. The first-order valence-corrected chi connectivity index (χ1v) is 8.39. The Bertz CT molecular complexity index is 893. The third-order valence-electron chi connectivity index (χ3n) is 3.82. The zero-order valence-electron chi connectivity index (χ0n) is 15.0. The number of hydrogen-bond acceptors (Lipinski definition) is 3. The predicted octanol–water partition coefficient (Wildman–Crippen LogP) is 6.63. The summed E-state index contributed by atoms with van der Waals surface area (Å²) >= 11 is 0. The van der Waals surface area contributed by atoms with Crippen molar-refractivity contribution in [3.63, 3.8) is 0 Å². The molecule has 0 N–H and O–H groups in total. The molecule has 0 bridgehead atoms. The summed E-state index contributed by atoms with van der Waals surface area (Å²) in [6.45, 7) is -2.90. The van der Waals surface area contributed by atoms with E-state index in [0.29, 0.717) is 5.56 Å². The number of rotatable bonds is 6. The molecule has 0 atom stereocenters. The van der Waals surface area contributed by atoms with Crippen LogP contribution in [0, 0.1) is 5.82 Å². The van der Waals surface area contributed by atoms with Gasteiger partial charge in [-0.3, -0.25) is 0 Å². The molecule has 0 amide bonds. The first-order chi connectivity index (χ1) is 14.0. The Labute approximate surface area is 165 Å². The van der Waals surface area contributed by atoms with Crippen LogP contribution >= 0.6 is 0 Å². The SMILES string of the molecule is Fc1c(-c2ccc(OCC(F)(F)F)cc2)coc1-c1ccc(OCC(F)(F)F)cc1. The van der Waals surface area contributed by atoms with Gasteiger partial charge in [-0.2, -0.15) is 26.3 Å². The molecule has 3 nitrogen and oxygen atoms in total. The van der Waals surface area contributed by atoms with Gasteiger partial charge in [-0.1, -0.05) is 12.1 Å². The molecule has 0 radical (unpaired) electrons. The van der Waals surface area contributed by atoms with Gasteiger partial charge in [0.25, 0.3) is 0 Å². The molecule has 3 rings (SSSR count). The number of furan rings is 1. The maximum atomic E-state index is 14.8. The molecule has 0 saturated carbocycles. The van der Waals surface area contributed by atoms with E-state index in [1.165, 1.54) is 48.5 Å². The molecule has 0 aliphatic rings. The van der Waals surface area contributed by atoms with Crippen molar-refractivity contribution in [1.29, 1.82) is 0 Å². The Morgan fingerprint density at radius 3 is 1.53 bits per heavy atom. The summed E-state index contributed by atoms with van der Waals surface area (Å²) in [5, 5.41) is 0. The van der Waals surface area contributed by atoms with Crippen LogP contribution in [0.4, 0.5) is 30.7 Å².